The minimum absolute atomic E-state index is 0.0397. The standard InChI is InChI=1S/C18H14F2N2O/c1-12(23)11-22-18(14-4-8-16(20)9-5-14)10-17(21-22)13-2-6-15(19)7-3-13/h2-10H,11H2,1H3. The van der Waals surface area contributed by atoms with E-state index in [4.69, 9.17) is 0 Å². The second-order valence-electron chi connectivity index (χ2n) is 5.29. The fraction of sp³-hybridized carbons (Fsp3) is 0.111. The van der Waals surface area contributed by atoms with Gasteiger partial charge in [0.15, 0.2) is 5.78 Å². The van der Waals surface area contributed by atoms with E-state index in [-0.39, 0.29) is 24.0 Å². The summed E-state index contributed by atoms with van der Waals surface area (Å²) in [7, 11) is 0. The van der Waals surface area contributed by atoms with Crippen LogP contribution in [0.2, 0.25) is 0 Å². The van der Waals surface area contributed by atoms with Crippen molar-refractivity contribution in [3.63, 3.8) is 0 Å². The van der Waals surface area contributed by atoms with E-state index in [9.17, 15) is 13.6 Å². The summed E-state index contributed by atoms with van der Waals surface area (Å²) < 4.78 is 27.7. The van der Waals surface area contributed by atoms with E-state index >= 15 is 0 Å². The molecule has 3 nitrogen and oxygen atoms in total. The smallest absolute Gasteiger partial charge is 0.151 e. The van der Waals surface area contributed by atoms with Crippen LogP contribution in [-0.4, -0.2) is 15.6 Å². The molecule has 0 N–H and O–H groups in total. The third-order valence-electron chi connectivity index (χ3n) is 3.43. The Kier molecular flexibility index (Phi) is 4.02. The maximum absolute atomic E-state index is 13.1. The second-order valence-corrected chi connectivity index (χ2v) is 5.29. The molecule has 0 amide bonds. The first-order valence-corrected chi connectivity index (χ1v) is 7.12. The summed E-state index contributed by atoms with van der Waals surface area (Å²) in [6.07, 6.45) is 0. The molecule has 0 spiro atoms. The number of benzene rings is 2. The summed E-state index contributed by atoms with van der Waals surface area (Å²) >= 11 is 0. The highest BCUT2D eigenvalue weighted by atomic mass is 19.1. The first-order chi connectivity index (χ1) is 11.0. The number of carbonyl (C=O) groups excluding carboxylic acids is 1. The number of aromatic nitrogens is 2. The van der Waals surface area contributed by atoms with Crippen LogP contribution in [-0.2, 0) is 11.3 Å². The summed E-state index contributed by atoms with van der Waals surface area (Å²) in [5, 5.41) is 4.43. The Balaban J connectivity index is 2.08. The Labute approximate surface area is 132 Å². The first-order valence-electron chi connectivity index (χ1n) is 7.12. The van der Waals surface area contributed by atoms with Gasteiger partial charge in [-0.05, 0) is 61.5 Å². The average Bonchev–Trinajstić information content (AvgIpc) is 2.92. The van der Waals surface area contributed by atoms with Crippen molar-refractivity contribution in [2.75, 3.05) is 0 Å². The third-order valence-corrected chi connectivity index (χ3v) is 3.43. The highest BCUT2D eigenvalue weighted by molar-refractivity contribution is 5.77. The molecule has 0 saturated carbocycles. The predicted molar refractivity (Wildman–Crippen MR) is 83.7 cm³/mol. The van der Waals surface area contributed by atoms with Crippen molar-refractivity contribution in [1.29, 1.82) is 0 Å². The van der Waals surface area contributed by atoms with Gasteiger partial charge in [0.1, 0.15) is 11.6 Å². The third kappa shape index (κ3) is 3.34. The predicted octanol–water partition coefficient (Wildman–Crippen LogP) is 4.08. The van der Waals surface area contributed by atoms with Crippen LogP contribution in [0, 0.1) is 11.6 Å². The zero-order chi connectivity index (χ0) is 16.4. The quantitative estimate of drug-likeness (QED) is 0.727. The van der Waals surface area contributed by atoms with Gasteiger partial charge in [0.05, 0.1) is 17.9 Å². The van der Waals surface area contributed by atoms with Gasteiger partial charge in [0.25, 0.3) is 0 Å². The summed E-state index contributed by atoms with van der Waals surface area (Å²) in [6.45, 7) is 1.60. The van der Waals surface area contributed by atoms with Gasteiger partial charge in [-0.3, -0.25) is 9.48 Å². The summed E-state index contributed by atoms with van der Waals surface area (Å²) in [5.74, 6) is -0.692. The fourth-order valence-corrected chi connectivity index (χ4v) is 2.36. The van der Waals surface area contributed by atoms with E-state index in [1.165, 1.54) is 31.2 Å². The number of halogens is 2. The molecule has 23 heavy (non-hydrogen) atoms. The van der Waals surface area contributed by atoms with Crippen molar-refractivity contribution < 1.29 is 13.6 Å². The number of rotatable bonds is 4. The van der Waals surface area contributed by atoms with Crippen LogP contribution in [0.3, 0.4) is 0 Å². The number of nitrogens with zero attached hydrogens (tertiary/aromatic N) is 2. The minimum atomic E-state index is -0.329. The molecule has 3 aromatic rings. The van der Waals surface area contributed by atoms with Crippen molar-refractivity contribution in [3.8, 4) is 22.5 Å². The highest BCUT2D eigenvalue weighted by Gasteiger charge is 2.13. The zero-order valence-electron chi connectivity index (χ0n) is 12.5. The van der Waals surface area contributed by atoms with Crippen LogP contribution >= 0.6 is 0 Å². The highest BCUT2D eigenvalue weighted by Crippen LogP contribution is 2.26. The van der Waals surface area contributed by atoms with Crippen LogP contribution in [0.4, 0.5) is 8.78 Å². The molecule has 5 heteroatoms. The lowest BCUT2D eigenvalue weighted by Gasteiger charge is -2.05. The van der Waals surface area contributed by atoms with E-state index in [2.05, 4.69) is 5.10 Å². The Hall–Kier alpha value is -2.82. The Morgan fingerprint density at radius 3 is 2.00 bits per heavy atom. The van der Waals surface area contributed by atoms with Gasteiger partial charge >= 0.3 is 0 Å². The monoisotopic (exact) mass is 312 g/mol. The molecule has 0 radical (unpaired) electrons. The van der Waals surface area contributed by atoms with Crippen molar-refractivity contribution >= 4 is 5.78 Å². The van der Waals surface area contributed by atoms with Crippen molar-refractivity contribution in [3.05, 3.63) is 66.2 Å². The molecule has 0 aliphatic rings. The number of ketones is 1. The SMILES string of the molecule is CC(=O)Cn1nc(-c2ccc(F)cc2)cc1-c1ccc(F)cc1. The first kappa shape index (κ1) is 15.1. The van der Waals surface area contributed by atoms with Crippen LogP contribution in [0.5, 0.6) is 0 Å². The molecule has 0 atom stereocenters. The molecule has 0 bridgehead atoms. The van der Waals surface area contributed by atoms with E-state index in [0.29, 0.717) is 11.4 Å². The van der Waals surface area contributed by atoms with Gasteiger partial charge in [-0.15, -0.1) is 0 Å². The molecule has 116 valence electrons. The Morgan fingerprint density at radius 2 is 1.48 bits per heavy atom. The maximum Gasteiger partial charge on any atom is 0.151 e. The molecular weight excluding hydrogens is 298 g/mol. The van der Waals surface area contributed by atoms with Crippen LogP contribution < -0.4 is 0 Å². The average molecular weight is 312 g/mol. The van der Waals surface area contributed by atoms with Gasteiger partial charge in [-0.25, -0.2) is 8.78 Å². The van der Waals surface area contributed by atoms with Gasteiger partial charge in [0.2, 0.25) is 0 Å². The van der Waals surface area contributed by atoms with E-state index in [1.54, 1.807) is 28.9 Å². The van der Waals surface area contributed by atoms with Crippen LogP contribution in [0.25, 0.3) is 22.5 Å². The van der Waals surface area contributed by atoms with E-state index in [1.807, 2.05) is 6.07 Å². The Bertz CT molecular complexity index is 836. The normalized spacial score (nSPS) is 10.7. The largest absolute Gasteiger partial charge is 0.298 e. The number of carbonyl (C=O) groups is 1. The van der Waals surface area contributed by atoms with Gasteiger partial charge in [-0.1, -0.05) is 0 Å². The molecular formula is C18H14F2N2O. The maximum atomic E-state index is 13.1. The molecule has 0 aliphatic heterocycles. The second kappa shape index (κ2) is 6.12. The molecule has 3 rings (SSSR count). The molecule has 2 aromatic carbocycles. The lowest BCUT2D eigenvalue weighted by Crippen LogP contribution is -2.09. The van der Waals surface area contributed by atoms with Crippen molar-refractivity contribution in [1.82, 2.24) is 9.78 Å². The van der Waals surface area contributed by atoms with Crippen molar-refractivity contribution in [2.45, 2.75) is 13.5 Å². The Morgan fingerprint density at radius 1 is 0.957 bits per heavy atom. The summed E-state index contributed by atoms with van der Waals surface area (Å²) in [4.78, 5) is 11.5. The van der Waals surface area contributed by atoms with Crippen molar-refractivity contribution in [2.24, 2.45) is 0 Å². The lowest BCUT2D eigenvalue weighted by atomic mass is 10.1. The zero-order valence-corrected chi connectivity index (χ0v) is 12.5. The lowest BCUT2D eigenvalue weighted by molar-refractivity contribution is -0.117. The summed E-state index contributed by atoms with van der Waals surface area (Å²) in [5.41, 5.74) is 2.84. The van der Waals surface area contributed by atoms with Crippen LogP contribution in [0.15, 0.2) is 54.6 Å². The van der Waals surface area contributed by atoms with E-state index < -0.39 is 0 Å². The molecule has 0 fully saturated rings. The van der Waals surface area contributed by atoms with Gasteiger partial charge in [-0.2, -0.15) is 5.10 Å². The molecule has 0 saturated heterocycles. The summed E-state index contributed by atoms with van der Waals surface area (Å²) in [6, 6.07) is 13.8. The van der Waals surface area contributed by atoms with Crippen LogP contribution in [0.1, 0.15) is 6.92 Å². The molecule has 1 aromatic heterocycles. The van der Waals surface area contributed by atoms with Gasteiger partial charge in [0, 0.05) is 11.1 Å². The van der Waals surface area contributed by atoms with E-state index in [0.717, 1.165) is 11.1 Å². The number of Topliss-reactive ketones (excluding diaryl/α,β-unsaturated/α-hetero) is 1. The fourth-order valence-electron chi connectivity index (χ4n) is 2.36. The number of hydrogen-bond donors (Lipinski definition) is 0. The number of hydrogen-bond acceptors (Lipinski definition) is 2. The van der Waals surface area contributed by atoms with Gasteiger partial charge < -0.3 is 0 Å². The minimum Gasteiger partial charge on any atom is -0.298 e. The topological polar surface area (TPSA) is 34.9 Å². The molecule has 0 unspecified atom stereocenters. The molecule has 0 aliphatic carbocycles. The molecule has 1 heterocycles.